The van der Waals surface area contributed by atoms with Gasteiger partial charge in [0.05, 0.1) is 22.2 Å². The third-order valence-electron chi connectivity index (χ3n) is 6.52. The zero-order valence-corrected chi connectivity index (χ0v) is 17.6. The van der Waals surface area contributed by atoms with E-state index < -0.39 is 22.8 Å². The number of nitrogens with zero attached hydrogens (tertiary/aromatic N) is 3. The molecule has 0 amide bonds. The lowest BCUT2D eigenvalue weighted by atomic mass is 9.91. The summed E-state index contributed by atoms with van der Waals surface area (Å²) in [5.41, 5.74) is -0.422. The normalized spacial score (nSPS) is 24.5. The molecule has 1 saturated heterocycles. The van der Waals surface area contributed by atoms with Gasteiger partial charge in [0.25, 0.3) is 0 Å². The Morgan fingerprint density at radius 1 is 1.17 bits per heavy atom. The minimum Gasteiger partial charge on any atom is -0.477 e. The highest BCUT2D eigenvalue weighted by Crippen LogP contribution is 2.39. The van der Waals surface area contributed by atoms with Gasteiger partial charge in [-0.1, -0.05) is 6.92 Å². The van der Waals surface area contributed by atoms with Crippen molar-refractivity contribution in [2.45, 2.75) is 52.2 Å². The Labute approximate surface area is 173 Å². The lowest BCUT2D eigenvalue weighted by Crippen LogP contribution is -2.57. The molecule has 2 aliphatic rings. The number of ketones is 1. The number of carbonyl (C=O) groups is 2. The van der Waals surface area contributed by atoms with Crippen LogP contribution in [0, 0.1) is 5.82 Å². The number of likely N-dealkylation sites (N-methyl/N-ethyl adjacent to an activating group) is 1. The zero-order valence-electron chi connectivity index (χ0n) is 17.6. The Hall–Kier alpha value is -2.74. The molecule has 0 bridgehead atoms. The largest absolute Gasteiger partial charge is 0.477 e. The molecule has 1 fully saturated rings. The highest BCUT2D eigenvalue weighted by atomic mass is 19.1. The molecule has 0 spiro atoms. The molecule has 2 aromatic rings. The maximum Gasteiger partial charge on any atom is 0.341 e. The van der Waals surface area contributed by atoms with Crippen molar-refractivity contribution >= 4 is 28.3 Å². The Kier molecular flexibility index (Phi) is 4.92. The average molecular weight is 415 g/mol. The molecule has 0 radical (unpaired) electrons. The van der Waals surface area contributed by atoms with E-state index in [1.807, 2.05) is 11.8 Å². The number of hydrogen-bond acceptors (Lipinski definition) is 5. The number of aromatic carboxylic acids is 1. The zero-order chi connectivity index (χ0) is 21.9. The smallest absolute Gasteiger partial charge is 0.341 e. The molecule has 2 aliphatic heterocycles. The number of anilines is 1. The fourth-order valence-corrected chi connectivity index (χ4v) is 4.94. The number of hydrogen-bond donors (Lipinski definition) is 1. The van der Waals surface area contributed by atoms with Crippen molar-refractivity contribution < 1.29 is 19.1 Å². The average Bonchev–Trinajstić information content (AvgIpc) is 2.68. The van der Waals surface area contributed by atoms with Crippen molar-refractivity contribution in [3.05, 3.63) is 39.4 Å². The van der Waals surface area contributed by atoms with Crippen LogP contribution in [0.2, 0.25) is 0 Å². The highest BCUT2D eigenvalue weighted by molar-refractivity contribution is 6.13. The number of piperazine rings is 1. The SMILES string of the molecule is CCN1CC(C)N(c2c(F)cc3c(=O)c(C(=O)O)cn4c3c2C(=O)CC4C)CC1C. The minimum absolute atomic E-state index is 0.0186. The van der Waals surface area contributed by atoms with Crippen molar-refractivity contribution in [2.75, 3.05) is 24.5 Å². The maximum absolute atomic E-state index is 15.5. The number of carbonyl (C=O) groups excluding carboxylic acids is 1. The van der Waals surface area contributed by atoms with Gasteiger partial charge in [0.15, 0.2) is 5.78 Å². The van der Waals surface area contributed by atoms with Gasteiger partial charge in [-0.2, -0.15) is 0 Å². The van der Waals surface area contributed by atoms with Gasteiger partial charge in [0.2, 0.25) is 5.43 Å². The fourth-order valence-electron chi connectivity index (χ4n) is 4.94. The monoisotopic (exact) mass is 415 g/mol. The van der Waals surface area contributed by atoms with Gasteiger partial charge < -0.3 is 14.6 Å². The summed E-state index contributed by atoms with van der Waals surface area (Å²) >= 11 is 0. The number of halogens is 1. The number of benzene rings is 1. The van der Waals surface area contributed by atoms with Gasteiger partial charge in [-0.3, -0.25) is 14.5 Å². The molecule has 1 aromatic carbocycles. The molecule has 0 saturated carbocycles. The van der Waals surface area contributed by atoms with Gasteiger partial charge in [0.1, 0.15) is 11.4 Å². The summed E-state index contributed by atoms with van der Waals surface area (Å²) in [5.74, 6) is -2.24. The summed E-state index contributed by atoms with van der Waals surface area (Å²) in [6.07, 6.45) is 1.41. The molecular formula is C22H26FN3O4. The first-order chi connectivity index (χ1) is 14.1. The van der Waals surface area contributed by atoms with Crippen molar-refractivity contribution in [1.82, 2.24) is 9.47 Å². The molecule has 160 valence electrons. The first-order valence-electron chi connectivity index (χ1n) is 10.3. The van der Waals surface area contributed by atoms with E-state index in [1.54, 1.807) is 11.5 Å². The molecule has 1 N–H and O–H groups in total. The summed E-state index contributed by atoms with van der Waals surface area (Å²) in [5, 5.41) is 9.37. The lowest BCUT2D eigenvalue weighted by Gasteiger charge is -2.46. The van der Waals surface area contributed by atoms with Crippen LogP contribution >= 0.6 is 0 Å². The van der Waals surface area contributed by atoms with Crippen LogP contribution in [-0.4, -0.2) is 58.0 Å². The Bertz CT molecular complexity index is 1130. The summed E-state index contributed by atoms with van der Waals surface area (Å²) < 4.78 is 17.1. The van der Waals surface area contributed by atoms with Crippen LogP contribution in [0.25, 0.3) is 10.9 Å². The molecule has 8 heteroatoms. The summed E-state index contributed by atoms with van der Waals surface area (Å²) in [6.45, 7) is 10.1. The second kappa shape index (κ2) is 7.19. The van der Waals surface area contributed by atoms with Crippen LogP contribution < -0.4 is 10.3 Å². The Morgan fingerprint density at radius 2 is 1.87 bits per heavy atom. The van der Waals surface area contributed by atoms with E-state index in [0.29, 0.717) is 12.1 Å². The molecule has 3 heterocycles. The van der Waals surface area contributed by atoms with Crippen molar-refractivity contribution in [3.63, 3.8) is 0 Å². The summed E-state index contributed by atoms with van der Waals surface area (Å²) in [7, 11) is 0. The van der Waals surface area contributed by atoms with E-state index in [1.165, 1.54) is 6.20 Å². The molecule has 30 heavy (non-hydrogen) atoms. The second-order valence-electron chi connectivity index (χ2n) is 8.48. The first-order valence-corrected chi connectivity index (χ1v) is 10.3. The van der Waals surface area contributed by atoms with Crippen LogP contribution in [0.15, 0.2) is 17.1 Å². The highest BCUT2D eigenvalue weighted by Gasteiger charge is 2.36. The minimum atomic E-state index is -1.36. The molecule has 3 atom stereocenters. The van der Waals surface area contributed by atoms with E-state index in [2.05, 4.69) is 18.7 Å². The van der Waals surface area contributed by atoms with Crippen LogP contribution in [0.1, 0.15) is 60.9 Å². The predicted molar refractivity (Wildman–Crippen MR) is 112 cm³/mol. The molecular weight excluding hydrogens is 389 g/mol. The van der Waals surface area contributed by atoms with Crippen LogP contribution in [0.4, 0.5) is 10.1 Å². The summed E-state index contributed by atoms with van der Waals surface area (Å²) in [4.78, 5) is 41.7. The quantitative estimate of drug-likeness (QED) is 0.830. The van der Waals surface area contributed by atoms with Crippen LogP contribution in [-0.2, 0) is 0 Å². The van der Waals surface area contributed by atoms with Crippen LogP contribution in [0.5, 0.6) is 0 Å². The standard InChI is InChI=1S/C22H26FN3O4/c1-5-24-8-13(4)25(9-12(24)3)20-16(23)7-14-19-18(20)17(27)6-11(2)26(19)10-15(21(14)28)22(29)30/h7,10-13H,5-6,8-9H2,1-4H3,(H,29,30). The summed E-state index contributed by atoms with van der Waals surface area (Å²) in [6, 6.07) is 0.949. The number of pyridine rings is 1. The van der Waals surface area contributed by atoms with Gasteiger partial charge >= 0.3 is 5.97 Å². The number of carboxylic acids is 1. The van der Waals surface area contributed by atoms with Crippen molar-refractivity contribution in [1.29, 1.82) is 0 Å². The number of carboxylic acid groups (broad SMARTS) is 1. The van der Waals surface area contributed by atoms with Gasteiger partial charge in [-0.05, 0) is 33.4 Å². The van der Waals surface area contributed by atoms with Gasteiger partial charge in [0, 0.05) is 43.8 Å². The Morgan fingerprint density at radius 3 is 2.50 bits per heavy atom. The van der Waals surface area contributed by atoms with E-state index in [0.717, 1.165) is 19.2 Å². The number of Topliss-reactive ketones (excluding diaryl/α,β-unsaturated/α-hetero) is 1. The molecule has 7 nitrogen and oxygen atoms in total. The van der Waals surface area contributed by atoms with Gasteiger partial charge in [-0.15, -0.1) is 0 Å². The molecule has 0 aliphatic carbocycles. The van der Waals surface area contributed by atoms with Gasteiger partial charge in [-0.25, -0.2) is 9.18 Å². The van der Waals surface area contributed by atoms with E-state index >= 15 is 4.39 Å². The molecule has 1 aromatic heterocycles. The second-order valence-corrected chi connectivity index (χ2v) is 8.48. The lowest BCUT2D eigenvalue weighted by molar-refractivity contribution is 0.0694. The maximum atomic E-state index is 15.5. The predicted octanol–water partition coefficient (Wildman–Crippen LogP) is 2.91. The first kappa shape index (κ1) is 20.5. The van der Waals surface area contributed by atoms with Crippen molar-refractivity contribution in [2.24, 2.45) is 0 Å². The van der Waals surface area contributed by atoms with E-state index in [4.69, 9.17) is 0 Å². The molecule has 3 unspecified atom stereocenters. The number of rotatable bonds is 3. The number of aromatic nitrogens is 1. The van der Waals surface area contributed by atoms with Crippen molar-refractivity contribution in [3.8, 4) is 0 Å². The van der Waals surface area contributed by atoms with Crippen LogP contribution in [0.3, 0.4) is 0 Å². The molecule has 4 rings (SSSR count). The fraction of sp³-hybridized carbons (Fsp3) is 0.500. The van der Waals surface area contributed by atoms with E-state index in [-0.39, 0.29) is 47.0 Å². The topological polar surface area (TPSA) is 82.8 Å². The third-order valence-corrected chi connectivity index (χ3v) is 6.52. The van der Waals surface area contributed by atoms with E-state index in [9.17, 15) is 19.5 Å². The Balaban J connectivity index is 2.03. The third kappa shape index (κ3) is 2.93.